The van der Waals surface area contributed by atoms with Crippen LogP contribution < -0.4 is 4.98 Å². The van der Waals surface area contributed by atoms with Crippen LogP contribution in [0.1, 0.15) is 40.5 Å². The molecule has 15 heavy (non-hydrogen) atoms. The highest BCUT2D eigenvalue weighted by molar-refractivity contribution is 6.82. The Hall–Kier alpha value is -0.343. The van der Waals surface area contributed by atoms with Gasteiger partial charge in [0, 0.05) is 5.54 Å². The van der Waals surface area contributed by atoms with Crippen molar-refractivity contribution in [1.82, 2.24) is 4.98 Å². The molecule has 0 radical (unpaired) electrons. The molecule has 0 aromatic heterocycles. The van der Waals surface area contributed by atoms with Crippen molar-refractivity contribution in [1.29, 1.82) is 0 Å². The van der Waals surface area contributed by atoms with Crippen LogP contribution >= 0.6 is 0 Å². The molecular formula is C13H25NSi. The standard InChI is InChI=1S/C13H25NSi/c1-7-11-9-8-10-12(11)15(5,6)14-13(2,3)4/h8-9,14H,7,10H2,1-6H3. The zero-order valence-electron chi connectivity index (χ0n) is 11.1. The minimum atomic E-state index is -1.42. The van der Waals surface area contributed by atoms with Gasteiger partial charge < -0.3 is 4.98 Å². The first-order valence-electron chi connectivity index (χ1n) is 5.94. The van der Waals surface area contributed by atoms with E-state index < -0.39 is 8.24 Å². The first-order chi connectivity index (χ1) is 6.76. The van der Waals surface area contributed by atoms with E-state index in [2.05, 4.69) is 57.9 Å². The minimum absolute atomic E-state index is 0.226. The molecular weight excluding hydrogens is 198 g/mol. The predicted octanol–water partition coefficient (Wildman–Crippen LogP) is 3.79. The summed E-state index contributed by atoms with van der Waals surface area (Å²) in [6, 6.07) is 0. The molecule has 0 saturated carbocycles. The fourth-order valence-electron chi connectivity index (χ4n) is 2.55. The van der Waals surface area contributed by atoms with E-state index in [1.54, 1.807) is 10.8 Å². The summed E-state index contributed by atoms with van der Waals surface area (Å²) < 4.78 is 0. The molecule has 0 fully saturated rings. The molecule has 0 bridgehead atoms. The van der Waals surface area contributed by atoms with Gasteiger partial charge in [0.1, 0.15) is 8.24 Å². The molecule has 0 aromatic rings. The molecule has 1 aliphatic carbocycles. The van der Waals surface area contributed by atoms with Gasteiger partial charge in [-0.05, 0) is 33.6 Å². The third-order valence-corrected chi connectivity index (χ3v) is 6.26. The zero-order valence-corrected chi connectivity index (χ0v) is 12.1. The van der Waals surface area contributed by atoms with E-state index in [-0.39, 0.29) is 5.54 Å². The molecule has 0 heterocycles. The maximum absolute atomic E-state index is 3.84. The lowest BCUT2D eigenvalue weighted by molar-refractivity contribution is 0.513. The fraction of sp³-hybridized carbons (Fsp3) is 0.692. The highest BCUT2D eigenvalue weighted by Crippen LogP contribution is 2.29. The van der Waals surface area contributed by atoms with E-state index in [0.29, 0.717) is 0 Å². The normalized spacial score (nSPS) is 17.7. The summed E-state index contributed by atoms with van der Waals surface area (Å²) in [6.07, 6.45) is 6.97. The second-order valence-electron chi connectivity index (χ2n) is 5.96. The van der Waals surface area contributed by atoms with E-state index in [1.807, 2.05) is 0 Å². The molecule has 0 aromatic carbocycles. The summed E-state index contributed by atoms with van der Waals surface area (Å²) in [5.41, 5.74) is 1.80. The lowest BCUT2D eigenvalue weighted by Crippen LogP contribution is -2.55. The largest absolute Gasteiger partial charge is 0.329 e. The lowest BCUT2D eigenvalue weighted by atomic mass is 10.1. The topological polar surface area (TPSA) is 12.0 Å². The van der Waals surface area contributed by atoms with Gasteiger partial charge in [-0.1, -0.05) is 42.9 Å². The van der Waals surface area contributed by atoms with Gasteiger partial charge in [-0.3, -0.25) is 0 Å². The third kappa shape index (κ3) is 3.32. The van der Waals surface area contributed by atoms with Gasteiger partial charge in [0.2, 0.25) is 0 Å². The molecule has 0 unspecified atom stereocenters. The van der Waals surface area contributed by atoms with E-state index in [9.17, 15) is 0 Å². The number of allylic oxidation sites excluding steroid dienone is 4. The van der Waals surface area contributed by atoms with Crippen molar-refractivity contribution >= 4 is 8.24 Å². The van der Waals surface area contributed by atoms with Crippen LogP contribution in [0.3, 0.4) is 0 Å². The maximum atomic E-state index is 3.84. The van der Waals surface area contributed by atoms with Crippen LogP contribution in [0.2, 0.25) is 13.1 Å². The fourth-order valence-corrected chi connectivity index (χ4v) is 6.27. The van der Waals surface area contributed by atoms with Crippen LogP contribution in [0.4, 0.5) is 0 Å². The van der Waals surface area contributed by atoms with Gasteiger partial charge in [0.05, 0.1) is 0 Å². The maximum Gasteiger partial charge on any atom is 0.148 e. The van der Waals surface area contributed by atoms with Crippen molar-refractivity contribution in [2.75, 3.05) is 0 Å². The lowest BCUT2D eigenvalue weighted by Gasteiger charge is -2.35. The van der Waals surface area contributed by atoms with E-state index in [1.165, 1.54) is 12.8 Å². The smallest absolute Gasteiger partial charge is 0.148 e. The minimum Gasteiger partial charge on any atom is -0.329 e. The first kappa shape index (κ1) is 12.7. The Bertz CT molecular complexity index is 292. The Balaban J connectivity index is 2.87. The van der Waals surface area contributed by atoms with Crippen LogP contribution in [0.15, 0.2) is 22.9 Å². The Labute approximate surface area is 95.7 Å². The summed E-state index contributed by atoms with van der Waals surface area (Å²) in [5, 5.41) is 1.69. The van der Waals surface area contributed by atoms with Gasteiger partial charge in [-0.2, -0.15) is 0 Å². The average Bonchev–Trinajstić information content (AvgIpc) is 2.46. The van der Waals surface area contributed by atoms with Crippen molar-refractivity contribution in [3.8, 4) is 0 Å². The SMILES string of the molecule is CCC1=C([Si](C)(C)NC(C)(C)C)CC=C1. The van der Waals surface area contributed by atoms with Crippen LogP contribution in [0.25, 0.3) is 0 Å². The van der Waals surface area contributed by atoms with Gasteiger partial charge in [0.25, 0.3) is 0 Å². The van der Waals surface area contributed by atoms with Crippen molar-refractivity contribution < 1.29 is 0 Å². The quantitative estimate of drug-likeness (QED) is 0.718. The molecule has 0 atom stereocenters. The molecule has 2 heteroatoms. The first-order valence-corrected chi connectivity index (χ1v) is 8.94. The summed E-state index contributed by atoms with van der Waals surface area (Å²) in [4.78, 5) is 3.84. The number of nitrogens with one attached hydrogen (secondary N) is 1. The highest BCUT2D eigenvalue weighted by Gasteiger charge is 2.32. The molecule has 0 aliphatic heterocycles. The van der Waals surface area contributed by atoms with Crippen molar-refractivity contribution in [2.45, 2.75) is 59.2 Å². The van der Waals surface area contributed by atoms with Crippen LogP contribution in [0, 0.1) is 0 Å². The molecule has 1 aliphatic rings. The average molecular weight is 223 g/mol. The van der Waals surface area contributed by atoms with Gasteiger partial charge >= 0.3 is 0 Å². The van der Waals surface area contributed by atoms with Crippen molar-refractivity contribution in [3.63, 3.8) is 0 Å². The Morgan fingerprint density at radius 2 is 1.93 bits per heavy atom. The van der Waals surface area contributed by atoms with Gasteiger partial charge in [0.15, 0.2) is 0 Å². The Morgan fingerprint density at radius 1 is 1.33 bits per heavy atom. The molecule has 86 valence electrons. The van der Waals surface area contributed by atoms with Crippen molar-refractivity contribution in [2.24, 2.45) is 0 Å². The molecule has 0 amide bonds. The zero-order chi connectivity index (χ0) is 11.7. The van der Waals surface area contributed by atoms with Crippen LogP contribution in [-0.2, 0) is 0 Å². The molecule has 1 N–H and O–H groups in total. The van der Waals surface area contributed by atoms with E-state index in [4.69, 9.17) is 0 Å². The molecule has 0 spiro atoms. The summed E-state index contributed by atoms with van der Waals surface area (Å²) >= 11 is 0. The summed E-state index contributed by atoms with van der Waals surface area (Å²) in [7, 11) is -1.42. The molecule has 1 rings (SSSR count). The molecule has 1 nitrogen and oxygen atoms in total. The summed E-state index contributed by atoms with van der Waals surface area (Å²) in [5.74, 6) is 0. The monoisotopic (exact) mass is 223 g/mol. The Morgan fingerprint density at radius 3 is 2.40 bits per heavy atom. The summed E-state index contributed by atoms with van der Waals surface area (Å²) in [6.45, 7) is 13.9. The van der Waals surface area contributed by atoms with E-state index >= 15 is 0 Å². The van der Waals surface area contributed by atoms with Crippen molar-refractivity contribution in [3.05, 3.63) is 22.9 Å². The second kappa shape index (κ2) is 4.26. The van der Waals surface area contributed by atoms with Crippen LogP contribution in [0.5, 0.6) is 0 Å². The number of hydrogen-bond donors (Lipinski definition) is 1. The Kier molecular flexibility index (Phi) is 3.62. The third-order valence-electron chi connectivity index (χ3n) is 2.85. The highest BCUT2D eigenvalue weighted by atomic mass is 28.3. The second-order valence-corrected chi connectivity index (χ2v) is 10.1. The predicted molar refractivity (Wildman–Crippen MR) is 71.4 cm³/mol. The number of rotatable bonds is 3. The van der Waals surface area contributed by atoms with Gasteiger partial charge in [-0.25, -0.2) is 0 Å². The number of hydrogen-bond acceptors (Lipinski definition) is 1. The van der Waals surface area contributed by atoms with E-state index in [0.717, 1.165) is 0 Å². The van der Waals surface area contributed by atoms with Crippen LogP contribution in [-0.4, -0.2) is 13.8 Å². The van der Waals surface area contributed by atoms with Gasteiger partial charge in [-0.15, -0.1) is 0 Å². The molecule has 0 saturated heterocycles.